The van der Waals surface area contributed by atoms with Gasteiger partial charge in [0, 0.05) is 23.0 Å². The highest BCUT2D eigenvalue weighted by Gasteiger charge is 2.09. The molecule has 0 fully saturated rings. The average Bonchev–Trinajstić information content (AvgIpc) is 3.07. The van der Waals surface area contributed by atoms with Gasteiger partial charge in [-0.25, -0.2) is 4.68 Å². The normalized spacial score (nSPS) is 10.6. The molecule has 0 aliphatic carbocycles. The van der Waals surface area contributed by atoms with Gasteiger partial charge in [-0.1, -0.05) is 24.3 Å². The number of benzene rings is 3. The summed E-state index contributed by atoms with van der Waals surface area (Å²) in [6.07, 6.45) is 0. The van der Waals surface area contributed by atoms with E-state index in [-0.39, 0.29) is 5.91 Å². The Morgan fingerprint density at radius 2 is 1.59 bits per heavy atom. The summed E-state index contributed by atoms with van der Waals surface area (Å²) in [5.74, 6) is 1.23. The molecule has 0 bridgehead atoms. The minimum absolute atomic E-state index is 0.179. The standard InChI is InChI=1S/C24H21N3O2/c1-17-15-18(2)27(26-17)21-13-11-19(12-14-21)24(28)25-20-7-6-10-23(16-20)29-22-8-4-3-5-9-22/h3-16H,1-2H3,(H,25,28). The number of ether oxygens (including phenoxy) is 1. The van der Waals surface area contributed by atoms with Crippen molar-refractivity contribution in [2.45, 2.75) is 13.8 Å². The van der Waals surface area contributed by atoms with Crippen LogP contribution in [-0.2, 0) is 0 Å². The molecule has 1 aromatic heterocycles. The molecule has 0 atom stereocenters. The Balaban J connectivity index is 1.46. The fourth-order valence-corrected chi connectivity index (χ4v) is 3.11. The van der Waals surface area contributed by atoms with Crippen LogP contribution in [0.4, 0.5) is 5.69 Å². The zero-order chi connectivity index (χ0) is 20.2. The number of anilines is 1. The van der Waals surface area contributed by atoms with Gasteiger partial charge in [0.2, 0.25) is 0 Å². The molecule has 0 saturated heterocycles. The van der Waals surface area contributed by atoms with Crippen molar-refractivity contribution in [2.24, 2.45) is 0 Å². The predicted molar refractivity (Wildman–Crippen MR) is 114 cm³/mol. The third-order valence-electron chi connectivity index (χ3n) is 4.45. The van der Waals surface area contributed by atoms with E-state index in [4.69, 9.17) is 4.74 Å². The number of nitrogens with zero attached hydrogens (tertiary/aromatic N) is 2. The van der Waals surface area contributed by atoms with Gasteiger partial charge in [-0.05, 0) is 68.4 Å². The monoisotopic (exact) mass is 383 g/mol. The van der Waals surface area contributed by atoms with Gasteiger partial charge in [0.15, 0.2) is 0 Å². The maximum absolute atomic E-state index is 12.6. The Hall–Kier alpha value is -3.86. The predicted octanol–water partition coefficient (Wildman–Crippen LogP) is 5.53. The summed E-state index contributed by atoms with van der Waals surface area (Å²) in [4.78, 5) is 12.6. The quantitative estimate of drug-likeness (QED) is 0.493. The Morgan fingerprint density at radius 3 is 2.28 bits per heavy atom. The molecule has 0 saturated carbocycles. The molecule has 1 heterocycles. The average molecular weight is 383 g/mol. The second-order valence-electron chi connectivity index (χ2n) is 6.78. The SMILES string of the molecule is Cc1cc(C)n(-c2ccc(C(=O)Nc3cccc(Oc4ccccc4)c3)cc2)n1. The van der Waals surface area contributed by atoms with E-state index in [9.17, 15) is 4.79 Å². The fourth-order valence-electron chi connectivity index (χ4n) is 3.11. The van der Waals surface area contributed by atoms with Crippen molar-refractivity contribution in [3.05, 3.63) is 102 Å². The summed E-state index contributed by atoms with van der Waals surface area (Å²) in [5.41, 5.74) is 4.18. The molecule has 29 heavy (non-hydrogen) atoms. The van der Waals surface area contributed by atoms with E-state index in [0.717, 1.165) is 22.8 Å². The van der Waals surface area contributed by atoms with Crippen LogP contribution in [0.1, 0.15) is 21.7 Å². The Labute approximate surface area is 169 Å². The van der Waals surface area contributed by atoms with E-state index in [1.54, 1.807) is 18.2 Å². The summed E-state index contributed by atoms with van der Waals surface area (Å²) in [6, 6.07) is 26.3. The molecule has 1 N–H and O–H groups in total. The summed E-state index contributed by atoms with van der Waals surface area (Å²) in [7, 11) is 0. The molecule has 4 rings (SSSR count). The van der Waals surface area contributed by atoms with Crippen molar-refractivity contribution in [3.63, 3.8) is 0 Å². The molecule has 0 unspecified atom stereocenters. The Morgan fingerprint density at radius 1 is 0.862 bits per heavy atom. The van der Waals surface area contributed by atoms with Gasteiger partial charge in [0.25, 0.3) is 5.91 Å². The van der Waals surface area contributed by atoms with Gasteiger partial charge in [0.1, 0.15) is 11.5 Å². The topological polar surface area (TPSA) is 56.2 Å². The lowest BCUT2D eigenvalue weighted by Gasteiger charge is -2.10. The smallest absolute Gasteiger partial charge is 0.255 e. The van der Waals surface area contributed by atoms with Crippen molar-refractivity contribution in [2.75, 3.05) is 5.32 Å². The minimum atomic E-state index is -0.179. The maximum Gasteiger partial charge on any atom is 0.255 e. The highest BCUT2D eigenvalue weighted by molar-refractivity contribution is 6.04. The van der Waals surface area contributed by atoms with Crippen LogP contribution in [0.15, 0.2) is 84.9 Å². The number of amides is 1. The molecule has 0 aliphatic heterocycles. The number of hydrogen-bond acceptors (Lipinski definition) is 3. The Kier molecular flexibility index (Phi) is 5.12. The molecule has 4 aromatic rings. The first-order valence-corrected chi connectivity index (χ1v) is 9.36. The number of para-hydroxylation sites is 1. The number of nitrogens with one attached hydrogen (secondary N) is 1. The number of carbonyl (C=O) groups is 1. The van der Waals surface area contributed by atoms with E-state index in [0.29, 0.717) is 17.0 Å². The van der Waals surface area contributed by atoms with Crippen molar-refractivity contribution in [1.29, 1.82) is 0 Å². The molecular weight excluding hydrogens is 362 g/mol. The lowest BCUT2D eigenvalue weighted by Crippen LogP contribution is -2.12. The van der Waals surface area contributed by atoms with E-state index < -0.39 is 0 Å². The fraction of sp³-hybridized carbons (Fsp3) is 0.0833. The molecule has 0 aliphatic rings. The number of hydrogen-bond donors (Lipinski definition) is 1. The lowest BCUT2D eigenvalue weighted by molar-refractivity contribution is 0.102. The first-order chi connectivity index (χ1) is 14.1. The summed E-state index contributed by atoms with van der Waals surface area (Å²) < 4.78 is 7.69. The van der Waals surface area contributed by atoms with Crippen LogP contribution >= 0.6 is 0 Å². The van der Waals surface area contributed by atoms with E-state index in [2.05, 4.69) is 10.4 Å². The third-order valence-corrected chi connectivity index (χ3v) is 4.45. The first-order valence-electron chi connectivity index (χ1n) is 9.36. The van der Waals surface area contributed by atoms with Gasteiger partial charge >= 0.3 is 0 Å². The van der Waals surface area contributed by atoms with Crippen LogP contribution in [0.5, 0.6) is 11.5 Å². The van der Waals surface area contributed by atoms with Gasteiger partial charge in [-0.3, -0.25) is 4.79 Å². The zero-order valence-electron chi connectivity index (χ0n) is 16.3. The lowest BCUT2D eigenvalue weighted by atomic mass is 10.2. The second-order valence-corrected chi connectivity index (χ2v) is 6.78. The van der Waals surface area contributed by atoms with Crippen molar-refractivity contribution < 1.29 is 9.53 Å². The van der Waals surface area contributed by atoms with Crippen LogP contribution in [0.2, 0.25) is 0 Å². The molecule has 1 amide bonds. The highest BCUT2D eigenvalue weighted by atomic mass is 16.5. The number of carbonyl (C=O) groups excluding carboxylic acids is 1. The molecule has 0 spiro atoms. The van der Waals surface area contributed by atoms with Gasteiger partial charge in [-0.2, -0.15) is 5.10 Å². The molecule has 3 aromatic carbocycles. The van der Waals surface area contributed by atoms with Crippen LogP contribution in [0.3, 0.4) is 0 Å². The molecule has 5 heteroatoms. The second kappa shape index (κ2) is 8.02. The first kappa shape index (κ1) is 18.5. The van der Waals surface area contributed by atoms with Crippen LogP contribution in [0, 0.1) is 13.8 Å². The molecular formula is C24H21N3O2. The van der Waals surface area contributed by atoms with Crippen LogP contribution in [-0.4, -0.2) is 15.7 Å². The summed E-state index contributed by atoms with van der Waals surface area (Å²) in [6.45, 7) is 3.96. The van der Waals surface area contributed by atoms with Crippen molar-refractivity contribution in [3.8, 4) is 17.2 Å². The van der Waals surface area contributed by atoms with E-state index >= 15 is 0 Å². The third kappa shape index (κ3) is 4.35. The zero-order valence-corrected chi connectivity index (χ0v) is 16.3. The number of aryl methyl sites for hydroxylation is 2. The Bertz CT molecular complexity index is 1130. The van der Waals surface area contributed by atoms with E-state index in [1.807, 2.05) is 85.3 Å². The summed E-state index contributed by atoms with van der Waals surface area (Å²) in [5, 5.41) is 7.39. The largest absolute Gasteiger partial charge is 0.457 e. The van der Waals surface area contributed by atoms with Gasteiger partial charge in [0.05, 0.1) is 11.4 Å². The van der Waals surface area contributed by atoms with Crippen LogP contribution in [0.25, 0.3) is 5.69 Å². The molecule has 5 nitrogen and oxygen atoms in total. The van der Waals surface area contributed by atoms with Crippen LogP contribution < -0.4 is 10.1 Å². The van der Waals surface area contributed by atoms with Crippen molar-refractivity contribution in [1.82, 2.24) is 9.78 Å². The minimum Gasteiger partial charge on any atom is -0.457 e. The number of aromatic nitrogens is 2. The van der Waals surface area contributed by atoms with Gasteiger partial charge < -0.3 is 10.1 Å². The molecule has 144 valence electrons. The molecule has 0 radical (unpaired) electrons. The highest BCUT2D eigenvalue weighted by Crippen LogP contribution is 2.24. The van der Waals surface area contributed by atoms with Gasteiger partial charge in [-0.15, -0.1) is 0 Å². The summed E-state index contributed by atoms with van der Waals surface area (Å²) >= 11 is 0. The van der Waals surface area contributed by atoms with Crippen molar-refractivity contribution >= 4 is 11.6 Å². The van der Waals surface area contributed by atoms with E-state index in [1.165, 1.54) is 0 Å². The maximum atomic E-state index is 12.6. The number of rotatable bonds is 5.